The highest BCUT2D eigenvalue weighted by Gasteiger charge is 2.33. The number of halogens is 2. The molecule has 0 spiro atoms. The molecule has 28 heavy (non-hydrogen) atoms. The van der Waals surface area contributed by atoms with Crippen LogP contribution in [0.3, 0.4) is 0 Å². The third-order valence-electron chi connectivity index (χ3n) is 3.75. The molecule has 0 atom stereocenters. The summed E-state index contributed by atoms with van der Waals surface area (Å²) in [4.78, 5) is 24.6. The van der Waals surface area contributed by atoms with E-state index in [1.54, 1.807) is 48.5 Å². The number of carbonyl (C=O) groups excluding carboxylic acids is 1. The molecule has 1 aliphatic heterocycles. The van der Waals surface area contributed by atoms with E-state index < -0.39 is 18.4 Å². The first-order chi connectivity index (χ1) is 13.3. The highest BCUT2D eigenvalue weighted by molar-refractivity contribution is 8.26. The van der Waals surface area contributed by atoms with Gasteiger partial charge in [-0.25, -0.2) is 0 Å². The van der Waals surface area contributed by atoms with Crippen molar-refractivity contribution in [2.75, 3.05) is 6.54 Å². The Kier molecular flexibility index (Phi) is 6.61. The Morgan fingerprint density at radius 1 is 1.21 bits per heavy atom. The van der Waals surface area contributed by atoms with E-state index >= 15 is 0 Å². The van der Waals surface area contributed by atoms with Gasteiger partial charge in [-0.2, -0.15) is 0 Å². The molecular formula is C19H13Cl2NO4S2. The van der Waals surface area contributed by atoms with Crippen LogP contribution < -0.4 is 4.74 Å². The molecule has 0 unspecified atom stereocenters. The lowest BCUT2D eigenvalue weighted by Crippen LogP contribution is -2.33. The van der Waals surface area contributed by atoms with Crippen LogP contribution in [-0.2, 0) is 16.2 Å². The second-order valence-corrected chi connectivity index (χ2v) is 8.27. The molecule has 1 fully saturated rings. The third kappa shape index (κ3) is 5.05. The predicted molar refractivity (Wildman–Crippen MR) is 115 cm³/mol. The highest BCUT2D eigenvalue weighted by atomic mass is 35.5. The zero-order valence-electron chi connectivity index (χ0n) is 14.2. The average Bonchev–Trinajstić information content (AvgIpc) is 2.89. The molecule has 1 aliphatic rings. The number of rotatable bonds is 6. The number of hydrogen-bond acceptors (Lipinski definition) is 5. The van der Waals surface area contributed by atoms with Crippen molar-refractivity contribution in [3.63, 3.8) is 0 Å². The Morgan fingerprint density at radius 3 is 2.57 bits per heavy atom. The molecule has 0 saturated carbocycles. The maximum Gasteiger partial charge on any atom is 0.323 e. The van der Waals surface area contributed by atoms with Crippen LogP contribution in [0.4, 0.5) is 0 Å². The van der Waals surface area contributed by atoms with Gasteiger partial charge in [-0.3, -0.25) is 14.5 Å². The number of aliphatic carboxylic acids is 1. The molecule has 1 heterocycles. The first kappa shape index (κ1) is 20.7. The van der Waals surface area contributed by atoms with Crippen LogP contribution in [0.5, 0.6) is 5.75 Å². The maximum absolute atomic E-state index is 12.3. The van der Waals surface area contributed by atoms with Crippen LogP contribution in [0, 0.1) is 0 Å². The third-order valence-corrected chi connectivity index (χ3v) is 5.72. The van der Waals surface area contributed by atoms with E-state index in [1.807, 2.05) is 0 Å². The van der Waals surface area contributed by atoms with Crippen LogP contribution in [0.25, 0.3) is 6.08 Å². The number of carboxylic acids is 1. The number of benzene rings is 2. The molecule has 144 valence electrons. The summed E-state index contributed by atoms with van der Waals surface area (Å²) in [6.45, 7) is -0.148. The Labute approximate surface area is 180 Å². The van der Waals surface area contributed by atoms with Gasteiger partial charge in [0.05, 0.1) is 4.91 Å². The number of thioether (sulfide) groups is 1. The van der Waals surface area contributed by atoms with E-state index in [4.69, 9.17) is 45.3 Å². The van der Waals surface area contributed by atoms with Crippen LogP contribution >= 0.6 is 47.2 Å². The molecule has 0 aliphatic carbocycles. The smallest absolute Gasteiger partial charge is 0.323 e. The van der Waals surface area contributed by atoms with Gasteiger partial charge in [0.15, 0.2) is 0 Å². The fourth-order valence-corrected chi connectivity index (χ4v) is 4.10. The molecule has 9 heteroatoms. The van der Waals surface area contributed by atoms with E-state index in [0.717, 1.165) is 27.8 Å². The Bertz CT molecular complexity index is 976. The summed E-state index contributed by atoms with van der Waals surface area (Å²) in [6.07, 6.45) is 1.67. The summed E-state index contributed by atoms with van der Waals surface area (Å²) in [5.74, 6) is -0.878. The Balaban J connectivity index is 1.66. The van der Waals surface area contributed by atoms with Gasteiger partial charge in [-0.15, -0.1) is 0 Å². The zero-order chi connectivity index (χ0) is 20.3. The predicted octanol–water partition coefficient (Wildman–Crippen LogP) is 4.86. The molecule has 3 rings (SSSR count). The lowest BCUT2D eigenvalue weighted by Gasteiger charge is -2.10. The van der Waals surface area contributed by atoms with Gasteiger partial charge in [0.1, 0.15) is 23.2 Å². The Hall–Kier alpha value is -2.06. The standard InChI is InChI=1S/C19H13Cl2NO4S2/c20-13-4-3-12(15(21)8-13)10-26-14-5-1-11(2-6-14)7-16-18(25)22(9-17(23)24)19(27)28-16/h1-8H,9-10H2,(H,23,24)/b16-7-. The van der Waals surface area contributed by atoms with Crippen LogP contribution in [0.2, 0.25) is 10.0 Å². The van der Waals surface area contributed by atoms with Gasteiger partial charge in [0.25, 0.3) is 5.91 Å². The quantitative estimate of drug-likeness (QED) is 0.497. The zero-order valence-corrected chi connectivity index (χ0v) is 17.4. The molecule has 2 aromatic carbocycles. The van der Waals surface area contributed by atoms with Crippen molar-refractivity contribution >= 4 is 69.5 Å². The summed E-state index contributed by atoms with van der Waals surface area (Å²) in [5, 5.41) is 9.97. The lowest BCUT2D eigenvalue weighted by molar-refractivity contribution is -0.140. The fourth-order valence-electron chi connectivity index (χ4n) is 2.38. The molecule has 0 aromatic heterocycles. The summed E-state index contributed by atoms with van der Waals surface area (Å²) >= 11 is 18.2. The number of carbonyl (C=O) groups is 2. The summed E-state index contributed by atoms with van der Waals surface area (Å²) < 4.78 is 5.96. The van der Waals surface area contributed by atoms with Crippen molar-refractivity contribution in [2.45, 2.75) is 6.61 Å². The van der Waals surface area contributed by atoms with Crippen LogP contribution in [0.1, 0.15) is 11.1 Å². The largest absolute Gasteiger partial charge is 0.489 e. The number of ether oxygens (including phenoxy) is 1. The summed E-state index contributed by atoms with van der Waals surface area (Å²) in [6, 6.07) is 12.3. The van der Waals surface area contributed by atoms with Gasteiger partial charge in [-0.1, -0.05) is 65.4 Å². The SMILES string of the molecule is O=C(O)CN1C(=O)/C(=C/c2ccc(OCc3ccc(Cl)cc3Cl)cc2)SC1=S. The monoisotopic (exact) mass is 453 g/mol. The minimum Gasteiger partial charge on any atom is -0.489 e. The number of carboxylic acid groups (broad SMARTS) is 1. The van der Waals surface area contributed by atoms with E-state index in [9.17, 15) is 9.59 Å². The normalized spacial score (nSPS) is 15.4. The molecule has 5 nitrogen and oxygen atoms in total. The molecule has 0 radical (unpaired) electrons. The highest BCUT2D eigenvalue weighted by Crippen LogP contribution is 2.32. The van der Waals surface area contributed by atoms with Gasteiger partial charge in [-0.05, 0) is 35.9 Å². The molecular weight excluding hydrogens is 441 g/mol. The minimum absolute atomic E-state index is 0.235. The van der Waals surface area contributed by atoms with Gasteiger partial charge in [0, 0.05) is 15.6 Å². The van der Waals surface area contributed by atoms with Crippen LogP contribution in [0.15, 0.2) is 47.4 Å². The Morgan fingerprint density at radius 2 is 1.93 bits per heavy atom. The number of nitrogens with zero attached hydrogens (tertiary/aromatic N) is 1. The molecule has 2 aromatic rings. The van der Waals surface area contributed by atoms with Crippen molar-refractivity contribution in [1.29, 1.82) is 0 Å². The number of thiocarbonyl (C=S) groups is 1. The van der Waals surface area contributed by atoms with E-state index in [2.05, 4.69) is 0 Å². The van der Waals surface area contributed by atoms with E-state index in [1.165, 1.54) is 0 Å². The number of hydrogen-bond donors (Lipinski definition) is 1. The molecule has 1 saturated heterocycles. The van der Waals surface area contributed by atoms with Gasteiger partial charge in [0.2, 0.25) is 0 Å². The molecule has 1 amide bonds. The van der Waals surface area contributed by atoms with Gasteiger partial charge < -0.3 is 9.84 Å². The summed E-state index contributed by atoms with van der Waals surface area (Å²) in [5.41, 5.74) is 1.59. The van der Waals surface area contributed by atoms with Crippen molar-refractivity contribution in [3.05, 3.63) is 68.5 Å². The summed E-state index contributed by atoms with van der Waals surface area (Å²) in [7, 11) is 0. The molecule has 1 N–H and O–H groups in total. The second kappa shape index (κ2) is 8.96. The van der Waals surface area contributed by atoms with Crippen molar-refractivity contribution in [2.24, 2.45) is 0 Å². The lowest BCUT2D eigenvalue weighted by atomic mass is 10.2. The number of amides is 1. The average molecular weight is 454 g/mol. The van der Waals surface area contributed by atoms with Crippen molar-refractivity contribution in [1.82, 2.24) is 4.90 Å². The van der Waals surface area contributed by atoms with Gasteiger partial charge >= 0.3 is 5.97 Å². The first-order valence-electron chi connectivity index (χ1n) is 7.97. The van der Waals surface area contributed by atoms with E-state index in [-0.39, 0.29) is 4.32 Å². The first-order valence-corrected chi connectivity index (χ1v) is 9.95. The van der Waals surface area contributed by atoms with Crippen molar-refractivity contribution < 1.29 is 19.4 Å². The fraction of sp³-hybridized carbons (Fsp3) is 0.105. The molecule has 0 bridgehead atoms. The van der Waals surface area contributed by atoms with Crippen molar-refractivity contribution in [3.8, 4) is 5.75 Å². The topological polar surface area (TPSA) is 66.8 Å². The van der Waals surface area contributed by atoms with Crippen LogP contribution in [-0.4, -0.2) is 32.7 Å². The van der Waals surface area contributed by atoms with E-state index in [0.29, 0.717) is 27.3 Å². The maximum atomic E-state index is 12.3. The minimum atomic E-state index is -1.11. The second-order valence-electron chi connectivity index (χ2n) is 5.76.